The van der Waals surface area contributed by atoms with E-state index < -0.39 is 0 Å². The van der Waals surface area contributed by atoms with E-state index in [4.69, 9.17) is 17.3 Å². The molecule has 1 aromatic heterocycles. The van der Waals surface area contributed by atoms with Gasteiger partial charge in [0.1, 0.15) is 0 Å². The van der Waals surface area contributed by atoms with Gasteiger partial charge < -0.3 is 10.6 Å². The number of rotatable bonds is 5. The molecule has 0 saturated carbocycles. The minimum Gasteiger partial charge on any atom is -0.340 e. The maximum absolute atomic E-state index is 12.4. The predicted octanol–water partition coefficient (Wildman–Crippen LogP) is 2.58. The van der Waals surface area contributed by atoms with Gasteiger partial charge in [-0.1, -0.05) is 31.5 Å². The highest BCUT2D eigenvalue weighted by Gasteiger charge is 2.23. The van der Waals surface area contributed by atoms with Crippen molar-refractivity contribution in [2.75, 3.05) is 20.1 Å². The number of benzene rings is 1. The molecule has 0 radical (unpaired) electrons. The van der Waals surface area contributed by atoms with Crippen LogP contribution in [0.1, 0.15) is 24.3 Å². The van der Waals surface area contributed by atoms with E-state index >= 15 is 0 Å². The monoisotopic (exact) mass is 320 g/mol. The summed E-state index contributed by atoms with van der Waals surface area (Å²) < 4.78 is 1.64. The number of amides is 1. The first-order valence-corrected chi connectivity index (χ1v) is 7.47. The topological polar surface area (TPSA) is 64.2 Å². The Morgan fingerprint density at radius 3 is 2.77 bits per heavy atom. The second-order valence-corrected chi connectivity index (χ2v) is 6.59. The van der Waals surface area contributed by atoms with Gasteiger partial charge in [0.25, 0.3) is 5.91 Å². The number of carbonyl (C=O) groups excluding carboxylic acids is 1. The molecule has 0 saturated heterocycles. The molecule has 22 heavy (non-hydrogen) atoms. The van der Waals surface area contributed by atoms with E-state index in [9.17, 15) is 4.79 Å². The summed E-state index contributed by atoms with van der Waals surface area (Å²) in [7, 11) is 1.76. The van der Waals surface area contributed by atoms with Crippen LogP contribution in [0.5, 0.6) is 0 Å². The van der Waals surface area contributed by atoms with Crippen LogP contribution in [0, 0.1) is 5.41 Å². The summed E-state index contributed by atoms with van der Waals surface area (Å²) in [5, 5.41) is 4.96. The molecule has 2 rings (SSSR count). The number of halogens is 1. The largest absolute Gasteiger partial charge is 0.340 e. The van der Waals surface area contributed by atoms with Crippen LogP contribution in [0.3, 0.4) is 0 Å². The summed E-state index contributed by atoms with van der Waals surface area (Å²) in [6.07, 6.45) is 1.75. The lowest BCUT2D eigenvalue weighted by Gasteiger charge is -2.28. The minimum absolute atomic E-state index is 0.123. The fourth-order valence-corrected chi connectivity index (χ4v) is 2.36. The molecule has 0 atom stereocenters. The first kappa shape index (κ1) is 16.5. The molecule has 0 aliphatic carbocycles. The van der Waals surface area contributed by atoms with Gasteiger partial charge >= 0.3 is 0 Å². The van der Waals surface area contributed by atoms with Crippen LogP contribution in [0.15, 0.2) is 36.5 Å². The highest BCUT2D eigenvalue weighted by molar-refractivity contribution is 6.30. The zero-order valence-electron chi connectivity index (χ0n) is 13.1. The lowest BCUT2D eigenvalue weighted by atomic mass is 9.93. The summed E-state index contributed by atoms with van der Waals surface area (Å²) in [4.78, 5) is 14.1. The zero-order chi connectivity index (χ0) is 16.3. The highest BCUT2D eigenvalue weighted by Crippen LogP contribution is 2.17. The van der Waals surface area contributed by atoms with Crippen molar-refractivity contribution >= 4 is 17.5 Å². The molecule has 0 aliphatic heterocycles. The van der Waals surface area contributed by atoms with Crippen molar-refractivity contribution in [2.45, 2.75) is 13.8 Å². The Bertz CT molecular complexity index is 666. The predicted molar refractivity (Wildman–Crippen MR) is 88.4 cm³/mol. The average molecular weight is 321 g/mol. The van der Waals surface area contributed by atoms with Gasteiger partial charge in [-0.05, 0) is 36.2 Å². The Kier molecular flexibility index (Phi) is 4.88. The lowest BCUT2D eigenvalue weighted by molar-refractivity contribution is 0.0734. The molecule has 1 heterocycles. The first-order chi connectivity index (χ1) is 10.3. The normalized spacial score (nSPS) is 11.5. The van der Waals surface area contributed by atoms with Gasteiger partial charge in [-0.2, -0.15) is 5.10 Å². The van der Waals surface area contributed by atoms with E-state index in [0.717, 1.165) is 5.69 Å². The van der Waals surface area contributed by atoms with Crippen molar-refractivity contribution < 1.29 is 4.79 Å². The summed E-state index contributed by atoms with van der Waals surface area (Å²) >= 11 is 5.98. The fraction of sp³-hybridized carbons (Fsp3) is 0.375. The second kappa shape index (κ2) is 6.50. The third-order valence-corrected chi connectivity index (χ3v) is 3.68. The molecule has 6 heteroatoms. The Hall–Kier alpha value is -1.85. The number of carbonyl (C=O) groups is 1. The fourth-order valence-electron chi connectivity index (χ4n) is 2.17. The van der Waals surface area contributed by atoms with E-state index in [1.807, 2.05) is 26.0 Å². The number of nitrogens with zero attached hydrogens (tertiary/aromatic N) is 3. The van der Waals surface area contributed by atoms with Gasteiger partial charge in [0.05, 0.1) is 5.69 Å². The third kappa shape index (κ3) is 3.87. The van der Waals surface area contributed by atoms with E-state index in [-0.39, 0.29) is 11.3 Å². The van der Waals surface area contributed by atoms with Crippen molar-refractivity contribution in [1.82, 2.24) is 14.7 Å². The zero-order valence-corrected chi connectivity index (χ0v) is 13.8. The Balaban J connectivity index is 2.15. The summed E-state index contributed by atoms with van der Waals surface area (Å²) in [5.41, 5.74) is 6.81. The van der Waals surface area contributed by atoms with Crippen LogP contribution in [0.2, 0.25) is 5.02 Å². The quantitative estimate of drug-likeness (QED) is 0.921. The number of hydrogen-bond donors (Lipinski definition) is 1. The highest BCUT2D eigenvalue weighted by atomic mass is 35.5. The molecule has 5 nitrogen and oxygen atoms in total. The SMILES string of the molecule is CN(CC(C)(C)CN)C(=O)c1ccn(-c2cccc(Cl)c2)n1. The molecule has 1 amide bonds. The number of hydrogen-bond acceptors (Lipinski definition) is 3. The van der Waals surface area contributed by atoms with E-state index in [0.29, 0.717) is 23.8 Å². The number of nitrogens with two attached hydrogens (primary N) is 1. The van der Waals surface area contributed by atoms with Gasteiger partial charge in [-0.25, -0.2) is 4.68 Å². The van der Waals surface area contributed by atoms with Crippen molar-refractivity contribution in [3.05, 3.63) is 47.2 Å². The average Bonchev–Trinajstić information content (AvgIpc) is 2.95. The van der Waals surface area contributed by atoms with E-state index in [1.165, 1.54) is 0 Å². The van der Waals surface area contributed by atoms with Crippen LogP contribution in [-0.4, -0.2) is 40.7 Å². The van der Waals surface area contributed by atoms with Gasteiger partial charge in [0.15, 0.2) is 5.69 Å². The van der Waals surface area contributed by atoms with Gasteiger partial charge in [0.2, 0.25) is 0 Å². The van der Waals surface area contributed by atoms with Crippen molar-refractivity contribution in [2.24, 2.45) is 11.1 Å². The Labute approximate surface area is 135 Å². The smallest absolute Gasteiger partial charge is 0.274 e. The molecule has 0 aliphatic rings. The molecule has 0 spiro atoms. The molecule has 0 bridgehead atoms. The van der Waals surface area contributed by atoms with Crippen LogP contribution in [0.4, 0.5) is 0 Å². The molecule has 1 aromatic carbocycles. The maximum Gasteiger partial charge on any atom is 0.274 e. The standard InChI is InChI=1S/C16H21ClN4O/c1-16(2,10-18)11-20(3)15(22)14-7-8-21(19-14)13-6-4-5-12(17)9-13/h4-9H,10-11,18H2,1-3H3. The lowest BCUT2D eigenvalue weighted by Crippen LogP contribution is -2.39. The molecule has 2 aromatic rings. The summed E-state index contributed by atoms with van der Waals surface area (Å²) in [6, 6.07) is 9.02. The van der Waals surface area contributed by atoms with Gasteiger partial charge in [-0.15, -0.1) is 0 Å². The molecule has 0 unspecified atom stereocenters. The van der Waals surface area contributed by atoms with Gasteiger partial charge in [0, 0.05) is 24.8 Å². The van der Waals surface area contributed by atoms with Crippen LogP contribution in [-0.2, 0) is 0 Å². The molecule has 2 N–H and O–H groups in total. The van der Waals surface area contributed by atoms with Crippen molar-refractivity contribution in [3.8, 4) is 5.69 Å². The van der Waals surface area contributed by atoms with Crippen LogP contribution < -0.4 is 5.73 Å². The molecule has 118 valence electrons. The van der Waals surface area contributed by atoms with E-state index in [2.05, 4.69) is 5.10 Å². The molecular weight excluding hydrogens is 300 g/mol. The third-order valence-electron chi connectivity index (χ3n) is 3.45. The minimum atomic E-state index is -0.125. The Morgan fingerprint density at radius 2 is 2.14 bits per heavy atom. The molecular formula is C16H21ClN4O. The van der Waals surface area contributed by atoms with Crippen LogP contribution >= 0.6 is 11.6 Å². The number of aromatic nitrogens is 2. The van der Waals surface area contributed by atoms with Gasteiger partial charge in [-0.3, -0.25) is 4.79 Å². The molecule has 0 fully saturated rings. The van der Waals surface area contributed by atoms with E-state index in [1.54, 1.807) is 41.0 Å². The second-order valence-electron chi connectivity index (χ2n) is 6.15. The maximum atomic E-state index is 12.4. The van der Waals surface area contributed by atoms with Crippen molar-refractivity contribution in [1.29, 1.82) is 0 Å². The summed E-state index contributed by atoms with van der Waals surface area (Å²) in [5.74, 6) is -0.123. The van der Waals surface area contributed by atoms with Crippen molar-refractivity contribution in [3.63, 3.8) is 0 Å². The van der Waals surface area contributed by atoms with Crippen LogP contribution in [0.25, 0.3) is 5.69 Å². The first-order valence-electron chi connectivity index (χ1n) is 7.09. The summed E-state index contributed by atoms with van der Waals surface area (Å²) in [6.45, 7) is 5.15. The Morgan fingerprint density at radius 1 is 1.41 bits per heavy atom.